The molecule has 6 nitrogen and oxygen atoms in total. The summed E-state index contributed by atoms with van der Waals surface area (Å²) in [6.07, 6.45) is 1.57. The number of hydrogen-bond acceptors (Lipinski definition) is 5. The Bertz CT molecular complexity index is 430. The molecule has 0 spiro atoms. The van der Waals surface area contributed by atoms with Gasteiger partial charge < -0.3 is 5.32 Å². The zero-order valence-corrected chi connectivity index (χ0v) is 11.7. The van der Waals surface area contributed by atoms with Gasteiger partial charge in [-0.2, -0.15) is 0 Å². The van der Waals surface area contributed by atoms with E-state index in [9.17, 15) is 4.79 Å². The van der Waals surface area contributed by atoms with Gasteiger partial charge in [0.2, 0.25) is 11.9 Å². The van der Waals surface area contributed by atoms with Crippen LogP contribution in [0.3, 0.4) is 0 Å². The van der Waals surface area contributed by atoms with Crippen LogP contribution in [0.5, 0.6) is 0 Å². The van der Waals surface area contributed by atoms with Crippen LogP contribution in [-0.4, -0.2) is 33.7 Å². The molecule has 0 aromatic carbocycles. The zero-order valence-electron chi connectivity index (χ0n) is 11.7. The van der Waals surface area contributed by atoms with Crippen molar-refractivity contribution in [1.82, 2.24) is 20.5 Å². The lowest BCUT2D eigenvalue weighted by Crippen LogP contribution is -2.48. The molecule has 0 atom stereocenters. The number of carbonyl (C=O) groups is 1. The maximum atomic E-state index is 11.9. The lowest BCUT2D eigenvalue weighted by Gasteiger charge is -2.22. The second kappa shape index (κ2) is 5.86. The van der Waals surface area contributed by atoms with E-state index in [4.69, 9.17) is 0 Å². The van der Waals surface area contributed by atoms with E-state index in [2.05, 4.69) is 25.8 Å². The third kappa shape index (κ3) is 3.22. The lowest BCUT2D eigenvalue weighted by molar-refractivity contribution is -0.121. The second-order valence-corrected chi connectivity index (χ2v) is 4.57. The molecular weight excluding hydrogens is 230 g/mol. The highest BCUT2D eigenvalue weighted by Gasteiger charge is 2.26. The number of carbonyl (C=O) groups excluding carboxylic acids is 1. The lowest BCUT2D eigenvalue weighted by atomic mass is 10.1. The summed E-state index contributed by atoms with van der Waals surface area (Å²) < 4.78 is 0. The molecule has 0 fully saturated rings. The molecule has 0 aliphatic heterocycles. The third-order valence-electron chi connectivity index (χ3n) is 2.93. The first-order valence-corrected chi connectivity index (χ1v) is 6.17. The van der Waals surface area contributed by atoms with Gasteiger partial charge in [0.15, 0.2) is 0 Å². The minimum atomic E-state index is -0.667. The Kier molecular flexibility index (Phi) is 4.72. The van der Waals surface area contributed by atoms with Gasteiger partial charge in [0.05, 0.1) is 16.9 Å². The number of rotatable bonds is 5. The summed E-state index contributed by atoms with van der Waals surface area (Å²) in [5.41, 5.74) is 1.09. The first-order valence-electron chi connectivity index (χ1n) is 6.17. The summed E-state index contributed by atoms with van der Waals surface area (Å²) in [7, 11) is 1.73. The van der Waals surface area contributed by atoms with E-state index < -0.39 is 5.54 Å². The van der Waals surface area contributed by atoms with Gasteiger partial charge in [-0.3, -0.25) is 10.1 Å². The van der Waals surface area contributed by atoms with Crippen LogP contribution in [0.1, 0.15) is 39.1 Å². The minimum Gasteiger partial charge on any atom is -0.307 e. The first kappa shape index (κ1) is 14.5. The number of nitrogens with zero attached hydrogens (tertiary/aromatic N) is 3. The quantitative estimate of drug-likeness (QED) is 0.814. The molecule has 0 saturated carbocycles. The Labute approximate surface area is 108 Å². The van der Waals surface area contributed by atoms with Crippen LogP contribution in [0.2, 0.25) is 0 Å². The van der Waals surface area contributed by atoms with Crippen molar-refractivity contribution in [2.45, 2.75) is 46.1 Å². The molecule has 1 heterocycles. The Morgan fingerprint density at radius 1 is 1.17 bits per heavy atom. The van der Waals surface area contributed by atoms with Crippen LogP contribution in [0.25, 0.3) is 0 Å². The van der Waals surface area contributed by atoms with Crippen molar-refractivity contribution in [1.29, 1.82) is 0 Å². The van der Waals surface area contributed by atoms with E-state index in [1.54, 1.807) is 20.9 Å². The Hall–Kier alpha value is -1.56. The van der Waals surface area contributed by atoms with Crippen LogP contribution in [0.15, 0.2) is 0 Å². The molecule has 1 rings (SSSR count). The molecule has 100 valence electrons. The van der Waals surface area contributed by atoms with E-state index in [-0.39, 0.29) is 11.9 Å². The maximum absolute atomic E-state index is 11.9. The summed E-state index contributed by atoms with van der Waals surface area (Å²) >= 11 is 0. The van der Waals surface area contributed by atoms with E-state index in [1.165, 1.54) is 0 Å². The van der Waals surface area contributed by atoms with Crippen molar-refractivity contribution < 1.29 is 4.79 Å². The molecular formula is C12H21N5O. The summed E-state index contributed by atoms with van der Waals surface area (Å²) in [6.45, 7) is 7.59. The fourth-order valence-corrected chi connectivity index (χ4v) is 1.36. The highest BCUT2D eigenvalue weighted by Crippen LogP contribution is 2.09. The van der Waals surface area contributed by atoms with Crippen LogP contribution < -0.4 is 10.6 Å². The molecule has 0 radical (unpaired) electrons. The highest BCUT2D eigenvalue weighted by molar-refractivity contribution is 5.96. The van der Waals surface area contributed by atoms with Gasteiger partial charge in [-0.15, -0.1) is 10.2 Å². The van der Waals surface area contributed by atoms with E-state index in [1.807, 2.05) is 13.8 Å². The number of hydrogen-bond donors (Lipinski definition) is 2. The van der Waals surface area contributed by atoms with Crippen LogP contribution in [0, 0.1) is 0 Å². The van der Waals surface area contributed by atoms with Crippen molar-refractivity contribution in [2.75, 3.05) is 12.4 Å². The predicted molar refractivity (Wildman–Crippen MR) is 70.4 cm³/mol. The van der Waals surface area contributed by atoms with Gasteiger partial charge in [0, 0.05) is 0 Å². The number of aryl methyl sites for hydroxylation is 2. The van der Waals surface area contributed by atoms with E-state index >= 15 is 0 Å². The molecule has 1 amide bonds. The molecule has 18 heavy (non-hydrogen) atoms. The fourth-order valence-electron chi connectivity index (χ4n) is 1.36. The first-order chi connectivity index (χ1) is 8.44. The Balaban J connectivity index is 2.89. The number of aromatic nitrogens is 3. The SMILES string of the molecule is CCc1nnc(NC(=O)C(C)(C)NC)nc1CC. The standard InChI is InChI=1S/C12H21N5O/c1-6-8-9(7-2)16-17-11(14-8)15-10(18)12(3,4)13-5/h13H,6-7H2,1-5H3,(H,14,15,17,18). The number of nitrogens with one attached hydrogen (secondary N) is 2. The summed E-state index contributed by atoms with van der Waals surface area (Å²) in [5.74, 6) is 0.0791. The molecule has 0 saturated heterocycles. The van der Waals surface area contributed by atoms with Crippen LogP contribution in [-0.2, 0) is 17.6 Å². The van der Waals surface area contributed by atoms with Gasteiger partial charge in [0.25, 0.3) is 0 Å². The predicted octanol–water partition coefficient (Wildman–Crippen LogP) is 0.933. The van der Waals surface area contributed by atoms with Crippen molar-refractivity contribution in [2.24, 2.45) is 0 Å². The number of anilines is 1. The molecule has 0 aliphatic carbocycles. The summed E-state index contributed by atoms with van der Waals surface area (Å²) in [4.78, 5) is 16.3. The van der Waals surface area contributed by atoms with Crippen molar-refractivity contribution in [3.8, 4) is 0 Å². The minimum absolute atomic E-state index is 0.182. The van der Waals surface area contributed by atoms with Gasteiger partial charge in [-0.05, 0) is 33.7 Å². The average Bonchev–Trinajstić information content (AvgIpc) is 2.38. The molecule has 2 N–H and O–H groups in total. The Morgan fingerprint density at radius 3 is 2.28 bits per heavy atom. The van der Waals surface area contributed by atoms with E-state index in [0.717, 1.165) is 24.2 Å². The normalized spacial score (nSPS) is 11.4. The summed E-state index contributed by atoms with van der Waals surface area (Å²) in [5, 5.41) is 13.6. The Morgan fingerprint density at radius 2 is 1.78 bits per heavy atom. The molecule has 0 bridgehead atoms. The smallest absolute Gasteiger partial charge is 0.249 e. The molecule has 0 aliphatic rings. The topological polar surface area (TPSA) is 79.8 Å². The van der Waals surface area contributed by atoms with Crippen molar-refractivity contribution in [3.05, 3.63) is 11.4 Å². The van der Waals surface area contributed by atoms with Crippen LogP contribution in [0.4, 0.5) is 5.95 Å². The maximum Gasteiger partial charge on any atom is 0.249 e. The molecule has 1 aromatic rings. The van der Waals surface area contributed by atoms with Crippen molar-refractivity contribution in [3.63, 3.8) is 0 Å². The van der Waals surface area contributed by atoms with Crippen LogP contribution >= 0.6 is 0 Å². The molecule has 1 aromatic heterocycles. The monoisotopic (exact) mass is 251 g/mol. The van der Waals surface area contributed by atoms with Gasteiger partial charge >= 0.3 is 0 Å². The van der Waals surface area contributed by atoms with Gasteiger partial charge in [-0.1, -0.05) is 13.8 Å². The number of likely N-dealkylation sites (N-methyl/N-ethyl adjacent to an activating group) is 1. The van der Waals surface area contributed by atoms with Crippen molar-refractivity contribution >= 4 is 11.9 Å². The van der Waals surface area contributed by atoms with Gasteiger partial charge in [0.1, 0.15) is 0 Å². The zero-order chi connectivity index (χ0) is 13.8. The fraction of sp³-hybridized carbons (Fsp3) is 0.667. The number of amides is 1. The molecule has 6 heteroatoms. The largest absolute Gasteiger partial charge is 0.307 e. The second-order valence-electron chi connectivity index (χ2n) is 4.57. The summed E-state index contributed by atoms with van der Waals surface area (Å²) in [6, 6.07) is 0. The van der Waals surface area contributed by atoms with E-state index in [0.29, 0.717) is 0 Å². The molecule has 0 unspecified atom stereocenters. The average molecular weight is 251 g/mol. The third-order valence-corrected chi connectivity index (χ3v) is 2.93. The highest BCUT2D eigenvalue weighted by atomic mass is 16.2. The van der Waals surface area contributed by atoms with Gasteiger partial charge in [-0.25, -0.2) is 4.98 Å².